The maximum absolute atomic E-state index is 13.3. The number of likely N-dealkylation sites (tertiary alicyclic amines) is 1. The van der Waals surface area contributed by atoms with Crippen LogP contribution in [-0.4, -0.2) is 46.0 Å². The lowest BCUT2D eigenvalue weighted by Crippen LogP contribution is -2.44. The van der Waals surface area contributed by atoms with Crippen molar-refractivity contribution in [2.24, 2.45) is 13.0 Å². The number of hydrogen-bond acceptors (Lipinski definition) is 4. The standard InChI is InChI=1S/C23H24FN5O3S/c1-28-21(31)18-8-7-15(10-19(18)27-23(28)33)20(30)29-9-3-4-14(13-29)12-25-22(32)26-17-6-2-5-16(24)11-17/h2,5-8,10-11,14H,3-4,9,12-13H2,1H3,(H,27,33)(H2,25,26,32). The summed E-state index contributed by atoms with van der Waals surface area (Å²) in [5.41, 5.74) is 1.16. The van der Waals surface area contributed by atoms with E-state index in [0.717, 1.165) is 12.8 Å². The third kappa shape index (κ3) is 5.11. The predicted molar refractivity (Wildman–Crippen MR) is 126 cm³/mol. The highest BCUT2D eigenvalue weighted by molar-refractivity contribution is 7.71. The molecule has 0 bridgehead atoms. The Morgan fingerprint density at radius 3 is 2.85 bits per heavy atom. The normalized spacial score (nSPS) is 15.9. The third-order valence-electron chi connectivity index (χ3n) is 5.79. The number of carbonyl (C=O) groups excluding carboxylic acids is 2. The molecule has 3 amide bonds. The van der Waals surface area contributed by atoms with Crippen LogP contribution in [0.25, 0.3) is 10.9 Å². The van der Waals surface area contributed by atoms with Crippen molar-refractivity contribution in [3.8, 4) is 0 Å². The molecule has 33 heavy (non-hydrogen) atoms. The number of amides is 3. The lowest BCUT2D eigenvalue weighted by molar-refractivity contribution is 0.0675. The Balaban J connectivity index is 1.39. The van der Waals surface area contributed by atoms with Gasteiger partial charge in [0, 0.05) is 37.9 Å². The Hall–Kier alpha value is -3.53. The number of nitrogens with zero attached hydrogens (tertiary/aromatic N) is 2. The van der Waals surface area contributed by atoms with Crippen molar-refractivity contribution in [1.82, 2.24) is 19.8 Å². The summed E-state index contributed by atoms with van der Waals surface area (Å²) in [6.45, 7) is 1.52. The van der Waals surface area contributed by atoms with Crippen molar-refractivity contribution in [2.75, 3.05) is 25.0 Å². The van der Waals surface area contributed by atoms with Crippen LogP contribution < -0.4 is 16.2 Å². The number of carbonyl (C=O) groups is 2. The Labute approximate surface area is 194 Å². The molecule has 3 N–H and O–H groups in total. The van der Waals surface area contributed by atoms with E-state index < -0.39 is 11.8 Å². The second kappa shape index (κ2) is 9.53. The molecule has 0 spiro atoms. The van der Waals surface area contributed by atoms with E-state index in [9.17, 15) is 18.8 Å². The molecule has 10 heteroatoms. The van der Waals surface area contributed by atoms with Crippen LogP contribution in [0.15, 0.2) is 47.3 Å². The summed E-state index contributed by atoms with van der Waals surface area (Å²) >= 11 is 5.17. The number of hydrogen-bond donors (Lipinski definition) is 3. The molecule has 2 aromatic carbocycles. The number of urea groups is 1. The van der Waals surface area contributed by atoms with Gasteiger partial charge >= 0.3 is 6.03 Å². The first-order valence-electron chi connectivity index (χ1n) is 10.6. The van der Waals surface area contributed by atoms with E-state index in [1.807, 2.05) is 0 Å². The van der Waals surface area contributed by atoms with Crippen molar-refractivity contribution in [3.63, 3.8) is 0 Å². The maximum atomic E-state index is 13.3. The van der Waals surface area contributed by atoms with E-state index in [4.69, 9.17) is 12.2 Å². The molecule has 1 atom stereocenters. The quantitative estimate of drug-likeness (QED) is 0.510. The van der Waals surface area contributed by atoms with Gasteiger partial charge in [-0.15, -0.1) is 0 Å². The van der Waals surface area contributed by atoms with Crippen molar-refractivity contribution >= 4 is 40.7 Å². The number of piperidine rings is 1. The minimum Gasteiger partial charge on any atom is -0.338 e. The van der Waals surface area contributed by atoms with E-state index in [2.05, 4.69) is 15.6 Å². The van der Waals surface area contributed by atoms with Crippen LogP contribution in [0, 0.1) is 16.5 Å². The Morgan fingerprint density at radius 1 is 1.24 bits per heavy atom. The minimum atomic E-state index is -0.426. The highest BCUT2D eigenvalue weighted by Gasteiger charge is 2.25. The Bertz CT molecular complexity index is 1340. The summed E-state index contributed by atoms with van der Waals surface area (Å²) in [5.74, 6) is -0.463. The number of rotatable bonds is 4. The summed E-state index contributed by atoms with van der Waals surface area (Å²) in [5, 5.41) is 5.87. The van der Waals surface area contributed by atoms with Crippen molar-refractivity contribution in [3.05, 3.63) is 69.0 Å². The highest BCUT2D eigenvalue weighted by Crippen LogP contribution is 2.20. The molecule has 3 aromatic rings. The first kappa shape index (κ1) is 22.7. The van der Waals surface area contributed by atoms with Crippen LogP contribution in [0.5, 0.6) is 0 Å². The van der Waals surface area contributed by atoms with E-state index >= 15 is 0 Å². The molecular formula is C23H24FN5O3S. The molecule has 1 aliphatic heterocycles. The van der Waals surface area contributed by atoms with Gasteiger partial charge in [-0.3, -0.25) is 14.2 Å². The molecular weight excluding hydrogens is 445 g/mol. The second-order valence-corrected chi connectivity index (χ2v) is 8.55. The molecule has 8 nitrogen and oxygen atoms in total. The Morgan fingerprint density at radius 2 is 2.06 bits per heavy atom. The lowest BCUT2D eigenvalue weighted by atomic mass is 9.97. The molecule has 1 saturated heterocycles. The van der Waals surface area contributed by atoms with Crippen molar-refractivity contribution in [1.29, 1.82) is 0 Å². The van der Waals surface area contributed by atoms with Gasteiger partial charge in [0.2, 0.25) is 0 Å². The molecule has 2 heterocycles. The second-order valence-electron chi connectivity index (χ2n) is 8.16. The third-order valence-corrected chi connectivity index (χ3v) is 6.16. The fourth-order valence-electron chi connectivity index (χ4n) is 4.02. The van der Waals surface area contributed by atoms with E-state index in [1.165, 1.54) is 22.8 Å². The number of H-pyrrole nitrogens is 1. The highest BCUT2D eigenvalue weighted by atomic mass is 32.1. The Kier molecular flexibility index (Phi) is 6.55. The molecule has 0 aliphatic carbocycles. The fourth-order valence-corrected chi connectivity index (χ4v) is 4.21. The largest absolute Gasteiger partial charge is 0.338 e. The summed E-state index contributed by atoms with van der Waals surface area (Å²) in [4.78, 5) is 42.4. The predicted octanol–water partition coefficient (Wildman–Crippen LogP) is 3.41. The number of nitrogens with one attached hydrogen (secondary N) is 3. The molecule has 1 aliphatic rings. The molecule has 1 aromatic heterocycles. The zero-order valence-electron chi connectivity index (χ0n) is 18.1. The van der Waals surface area contributed by atoms with Gasteiger partial charge in [0.25, 0.3) is 11.5 Å². The first-order chi connectivity index (χ1) is 15.8. The average Bonchev–Trinajstić information content (AvgIpc) is 2.81. The number of fused-ring (bicyclic) bond motifs is 1. The van der Waals surface area contributed by atoms with Crippen molar-refractivity contribution < 1.29 is 14.0 Å². The number of aromatic amines is 1. The zero-order chi connectivity index (χ0) is 23.5. The molecule has 1 fully saturated rings. The minimum absolute atomic E-state index is 0.0968. The number of halogens is 1. The van der Waals surface area contributed by atoms with Crippen LogP contribution in [0.4, 0.5) is 14.9 Å². The van der Waals surface area contributed by atoms with Crippen LogP contribution in [0.3, 0.4) is 0 Å². The van der Waals surface area contributed by atoms with Crippen LogP contribution in [0.2, 0.25) is 0 Å². The van der Waals surface area contributed by atoms with Gasteiger partial charge < -0.3 is 20.5 Å². The fraction of sp³-hybridized carbons (Fsp3) is 0.304. The van der Waals surface area contributed by atoms with E-state index in [0.29, 0.717) is 41.8 Å². The number of aromatic nitrogens is 2. The van der Waals surface area contributed by atoms with Crippen molar-refractivity contribution in [2.45, 2.75) is 12.8 Å². The first-order valence-corrected chi connectivity index (χ1v) is 11.1. The monoisotopic (exact) mass is 469 g/mol. The van der Waals surface area contributed by atoms with Crippen LogP contribution in [-0.2, 0) is 7.05 Å². The number of benzene rings is 2. The zero-order valence-corrected chi connectivity index (χ0v) is 18.9. The SMILES string of the molecule is Cn1c(=S)[nH]c2cc(C(=O)N3CCCC(CNC(=O)Nc4cccc(F)c4)C3)ccc2c1=O. The van der Waals surface area contributed by atoms with Gasteiger partial charge in [0.15, 0.2) is 4.77 Å². The molecule has 0 radical (unpaired) electrons. The topological polar surface area (TPSA) is 99.2 Å². The molecule has 4 rings (SSSR count). The smallest absolute Gasteiger partial charge is 0.319 e. The van der Waals surface area contributed by atoms with Gasteiger partial charge in [-0.25, -0.2) is 9.18 Å². The van der Waals surface area contributed by atoms with Crippen LogP contribution >= 0.6 is 12.2 Å². The summed E-state index contributed by atoms with van der Waals surface area (Å²) in [6, 6.07) is 10.2. The van der Waals surface area contributed by atoms with Gasteiger partial charge in [-0.2, -0.15) is 0 Å². The lowest BCUT2D eigenvalue weighted by Gasteiger charge is -2.33. The molecule has 172 valence electrons. The van der Waals surface area contributed by atoms with Crippen LogP contribution in [0.1, 0.15) is 23.2 Å². The number of anilines is 1. The van der Waals surface area contributed by atoms with E-state index in [-0.39, 0.29) is 22.2 Å². The maximum Gasteiger partial charge on any atom is 0.319 e. The van der Waals surface area contributed by atoms with Gasteiger partial charge in [-0.1, -0.05) is 6.07 Å². The van der Waals surface area contributed by atoms with Gasteiger partial charge in [-0.05, 0) is 67.4 Å². The molecule has 1 unspecified atom stereocenters. The van der Waals surface area contributed by atoms with Gasteiger partial charge in [0.1, 0.15) is 5.82 Å². The molecule has 0 saturated carbocycles. The van der Waals surface area contributed by atoms with E-state index in [1.54, 1.807) is 36.2 Å². The summed E-state index contributed by atoms with van der Waals surface area (Å²) in [7, 11) is 1.60. The average molecular weight is 470 g/mol. The summed E-state index contributed by atoms with van der Waals surface area (Å²) in [6.07, 6.45) is 1.70. The summed E-state index contributed by atoms with van der Waals surface area (Å²) < 4.78 is 14.9. The van der Waals surface area contributed by atoms with Gasteiger partial charge in [0.05, 0.1) is 10.9 Å².